The quantitative estimate of drug-likeness (QED) is 0.816. The molecule has 0 fully saturated rings. The summed E-state index contributed by atoms with van der Waals surface area (Å²) in [7, 11) is -3.02. The number of carbonyl (C=O) groups is 1. The number of amides is 1. The summed E-state index contributed by atoms with van der Waals surface area (Å²) in [5.41, 5.74) is 2.60. The Balaban J connectivity index is 1.84. The fourth-order valence-electron chi connectivity index (χ4n) is 2.04. The Morgan fingerprint density at radius 3 is 2.09 bits per heavy atom. The average Bonchev–Trinajstić information content (AvgIpc) is 2.49. The zero-order valence-electron chi connectivity index (χ0n) is 13.0. The predicted octanol–water partition coefficient (Wildman–Crippen LogP) is 3.19. The van der Waals surface area contributed by atoms with E-state index in [1.807, 2.05) is 42.5 Å². The van der Waals surface area contributed by atoms with Crippen LogP contribution in [0.4, 0.5) is 17.1 Å². The molecule has 0 bridgehead atoms. The first-order valence-electron chi connectivity index (χ1n) is 7.32. The van der Waals surface area contributed by atoms with Crippen LogP contribution in [0.1, 0.15) is 12.8 Å². The van der Waals surface area contributed by atoms with Crippen molar-refractivity contribution in [2.45, 2.75) is 12.8 Å². The summed E-state index contributed by atoms with van der Waals surface area (Å²) < 4.78 is 22.0. The van der Waals surface area contributed by atoms with E-state index in [2.05, 4.69) is 10.6 Å². The largest absolute Gasteiger partial charge is 0.356 e. The van der Waals surface area contributed by atoms with Gasteiger partial charge in [0.2, 0.25) is 5.91 Å². The molecule has 0 unspecified atom stereocenters. The van der Waals surface area contributed by atoms with Crippen molar-refractivity contribution in [1.82, 2.24) is 0 Å². The molecule has 2 aromatic carbocycles. The topological polar surface area (TPSA) is 75.3 Å². The first-order valence-corrected chi connectivity index (χ1v) is 9.38. The van der Waals surface area contributed by atoms with Crippen LogP contribution in [0.3, 0.4) is 0 Å². The Morgan fingerprint density at radius 2 is 1.48 bits per heavy atom. The van der Waals surface area contributed by atoms with E-state index in [0.717, 1.165) is 11.4 Å². The maximum atomic E-state index is 11.8. The molecule has 0 aromatic heterocycles. The fourth-order valence-corrected chi connectivity index (χ4v) is 2.71. The molecule has 0 atom stereocenters. The summed E-state index contributed by atoms with van der Waals surface area (Å²) in [6.45, 7) is 0. The molecule has 0 aliphatic carbocycles. The van der Waals surface area contributed by atoms with Crippen molar-refractivity contribution in [2.75, 3.05) is 22.6 Å². The van der Waals surface area contributed by atoms with E-state index < -0.39 is 9.84 Å². The maximum absolute atomic E-state index is 11.8. The number of anilines is 3. The molecular formula is C17H20N2O3S. The molecular weight excluding hydrogens is 312 g/mol. The number of hydrogen-bond donors (Lipinski definition) is 2. The van der Waals surface area contributed by atoms with E-state index in [1.54, 1.807) is 12.1 Å². The molecule has 5 nitrogen and oxygen atoms in total. The number of rotatable bonds is 7. The summed E-state index contributed by atoms with van der Waals surface area (Å²) in [5.74, 6) is -0.155. The van der Waals surface area contributed by atoms with Crippen LogP contribution in [0.5, 0.6) is 0 Å². The van der Waals surface area contributed by atoms with Gasteiger partial charge in [-0.05, 0) is 42.8 Å². The van der Waals surface area contributed by atoms with E-state index in [-0.39, 0.29) is 18.1 Å². The number of carbonyl (C=O) groups excluding carboxylic acids is 1. The standard InChI is InChI=1S/C17H20N2O3S/c1-23(21,22)13-5-8-17(20)19-16-11-9-15(10-12-16)18-14-6-3-2-4-7-14/h2-4,6-7,9-12,18H,5,8,13H2,1H3,(H,19,20). The number of benzene rings is 2. The molecule has 122 valence electrons. The van der Waals surface area contributed by atoms with E-state index >= 15 is 0 Å². The Kier molecular flexibility index (Phi) is 5.76. The van der Waals surface area contributed by atoms with Gasteiger partial charge in [0.05, 0.1) is 5.75 Å². The van der Waals surface area contributed by atoms with Gasteiger partial charge in [-0.15, -0.1) is 0 Å². The van der Waals surface area contributed by atoms with Gasteiger partial charge in [0.1, 0.15) is 9.84 Å². The minimum atomic E-state index is -3.02. The Hall–Kier alpha value is -2.34. The molecule has 0 spiro atoms. The molecule has 6 heteroatoms. The van der Waals surface area contributed by atoms with Crippen molar-refractivity contribution >= 4 is 32.8 Å². The van der Waals surface area contributed by atoms with E-state index in [0.29, 0.717) is 12.1 Å². The van der Waals surface area contributed by atoms with Gasteiger partial charge in [-0.25, -0.2) is 8.42 Å². The van der Waals surface area contributed by atoms with Crippen LogP contribution >= 0.6 is 0 Å². The third kappa shape index (κ3) is 6.52. The van der Waals surface area contributed by atoms with Gasteiger partial charge < -0.3 is 10.6 Å². The second kappa shape index (κ2) is 7.78. The first-order chi connectivity index (χ1) is 10.9. The van der Waals surface area contributed by atoms with Crippen molar-refractivity contribution in [3.05, 3.63) is 54.6 Å². The van der Waals surface area contributed by atoms with Crippen LogP contribution in [0, 0.1) is 0 Å². The van der Waals surface area contributed by atoms with Gasteiger partial charge >= 0.3 is 0 Å². The molecule has 2 rings (SSSR count). The maximum Gasteiger partial charge on any atom is 0.224 e. The van der Waals surface area contributed by atoms with Crippen molar-refractivity contribution in [1.29, 1.82) is 0 Å². The molecule has 0 saturated heterocycles. The second-order valence-electron chi connectivity index (χ2n) is 5.35. The third-order valence-electron chi connectivity index (χ3n) is 3.15. The summed E-state index contributed by atoms with van der Waals surface area (Å²) in [4.78, 5) is 11.8. The van der Waals surface area contributed by atoms with Crippen LogP contribution < -0.4 is 10.6 Å². The van der Waals surface area contributed by atoms with Gasteiger partial charge in [-0.1, -0.05) is 18.2 Å². The zero-order valence-corrected chi connectivity index (χ0v) is 13.8. The van der Waals surface area contributed by atoms with Crippen LogP contribution in [-0.4, -0.2) is 26.3 Å². The Morgan fingerprint density at radius 1 is 0.913 bits per heavy atom. The SMILES string of the molecule is CS(=O)(=O)CCCC(=O)Nc1ccc(Nc2ccccc2)cc1. The zero-order chi connectivity index (χ0) is 16.7. The van der Waals surface area contributed by atoms with Crippen LogP contribution in [0.25, 0.3) is 0 Å². The first kappa shape index (κ1) is 17.0. The monoisotopic (exact) mass is 332 g/mol. The highest BCUT2D eigenvalue weighted by atomic mass is 32.2. The molecule has 0 aliphatic heterocycles. The normalized spacial score (nSPS) is 11.0. The molecule has 0 saturated carbocycles. The van der Waals surface area contributed by atoms with Gasteiger partial charge in [-0.2, -0.15) is 0 Å². The lowest BCUT2D eigenvalue weighted by Gasteiger charge is -2.08. The van der Waals surface area contributed by atoms with E-state index in [1.165, 1.54) is 6.26 Å². The van der Waals surface area contributed by atoms with E-state index in [4.69, 9.17) is 0 Å². The molecule has 2 aromatic rings. The molecule has 23 heavy (non-hydrogen) atoms. The Labute approximate surface area is 136 Å². The highest BCUT2D eigenvalue weighted by Crippen LogP contribution is 2.18. The molecule has 0 heterocycles. The van der Waals surface area contributed by atoms with Crippen molar-refractivity contribution in [3.63, 3.8) is 0 Å². The van der Waals surface area contributed by atoms with Gasteiger partial charge in [0, 0.05) is 29.7 Å². The van der Waals surface area contributed by atoms with Crippen molar-refractivity contribution < 1.29 is 13.2 Å². The minimum Gasteiger partial charge on any atom is -0.356 e. The minimum absolute atomic E-state index is 0.0281. The number of nitrogens with one attached hydrogen (secondary N) is 2. The number of sulfone groups is 1. The van der Waals surface area contributed by atoms with Gasteiger partial charge in [0.15, 0.2) is 0 Å². The summed E-state index contributed by atoms with van der Waals surface area (Å²) in [5, 5.41) is 6.01. The lowest BCUT2D eigenvalue weighted by Crippen LogP contribution is -2.13. The highest BCUT2D eigenvalue weighted by Gasteiger charge is 2.06. The third-order valence-corrected chi connectivity index (χ3v) is 4.18. The molecule has 2 N–H and O–H groups in total. The van der Waals surface area contributed by atoms with Gasteiger partial charge in [0.25, 0.3) is 0 Å². The Bertz CT molecular complexity index is 741. The van der Waals surface area contributed by atoms with Gasteiger partial charge in [-0.3, -0.25) is 4.79 Å². The smallest absolute Gasteiger partial charge is 0.224 e. The van der Waals surface area contributed by atoms with Crippen molar-refractivity contribution in [2.24, 2.45) is 0 Å². The second-order valence-corrected chi connectivity index (χ2v) is 7.61. The fraction of sp³-hybridized carbons (Fsp3) is 0.235. The van der Waals surface area contributed by atoms with Crippen LogP contribution in [0.2, 0.25) is 0 Å². The lowest BCUT2D eigenvalue weighted by molar-refractivity contribution is -0.116. The molecule has 0 radical (unpaired) electrons. The summed E-state index contributed by atoms with van der Waals surface area (Å²) in [6.07, 6.45) is 1.69. The average molecular weight is 332 g/mol. The summed E-state index contributed by atoms with van der Waals surface area (Å²) in [6, 6.07) is 17.2. The number of para-hydroxylation sites is 1. The lowest BCUT2D eigenvalue weighted by atomic mass is 10.2. The highest BCUT2D eigenvalue weighted by molar-refractivity contribution is 7.90. The van der Waals surface area contributed by atoms with Crippen molar-refractivity contribution in [3.8, 4) is 0 Å². The molecule has 1 amide bonds. The molecule has 0 aliphatic rings. The van der Waals surface area contributed by atoms with E-state index in [9.17, 15) is 13.2 Å². The van der Waals surface area contributed by atoms with Crippen LogP contribution in [-0.2, 0) is 14.6 Å². The number of hydrogen-bond acceptors (Lipinski definition) is 4. The summed E-state index contributed by atoms with van der Waals surface area (Å²) >= 11 is 0. The van der Waals surface area contributed by atoms with Crippen LogP contribution in [0.15, 0.2) is 54.6 Å². The predicted molar refractivity (Wildman–Crippen MR) is 93.7 cm³/mol.